The Hall–Kier alpha value is -3.11. The van der Waals surface area contributed by atoms with E-state index in [1.165, 1.54) is 0 Å². The third-order valence-corrected chi connectivity index (χ3v) is 5.78. The normalized spacial score (nSPS) is 18.2. The third-order valence-electron chi connectivity index (χ3n) is 5.78. The Kier molecular flexibility index (Phi) is 6.12. The Bertz CT molecular complexity index is 890. The summed E-state index contributed by atoms with van der Waals surface area (Å²) in [7, 11) is 0. The molecular formula is C24H24N2O2. The Labute approximate surface area is 166 Å². The number of nitriles is 2. The molecule has 2 aromatic carbocycles. The highest BCUT2D eigenvalue weighted by atomic mass is 16.5. The molecule has 0 bridgehead atoms. The topological polar surface area (TPSA) is 73.9 Å². The molecule has 0 fully saturated rings. The number of hydrogen-bond acceptors (Lipinski definition) is 4. The Morgan fingerprint density at radius 2 is 1.61 bits per heavy atom. The molecule has 28 heavy (non-hydrogen) atoms. The number of Topliss-reactive ketones (excluding diaryl/α,β-unsaturated/α-hetero) is 1. The molecule has 3 rings (SSSR count). The van der Waals surface area contributed by atoms with Gasteiger partial charge < -0.3 is 4.74 Å². The van der Waals surface area contributed by atoms with Gasteiger partial charge in [-0.1, -0.05) is 49.4 Å². The van der Waals surface area contributed by atoms with Crippen LogP contribution < -0.4 is 4.74 Å². The van der Waals surface area contributed by atoms with Crippen LogP contribution in [0.15, 0.2) is 54.6 Å². The van der Waals surface area contributed by atoms with E-state index in [0.29, 0.717) is 24.2 Å². The summed E-state index contributed by atoms with van der Waals surface area (Å²) in [5.74, 6) is 0.589. The molecule has 1 aliphatic rings. The van der Waals surface area contributed by atoms with Crippen LogP contribution in [0, 0.1) is 28.1 Å². The number of fused-ring (bicyclic) bond motifs is 1. The fraction of sp³-hybridized carbons (Fsp3) is 0.375. The zero-order valence-corrected chi connectivity index (χ0v) is 16.1. The standard InChI is InChI=1S/C24H24N2O2/c1-2-19(18-10-4-3-5-11-18)23-24(14-8-16-25,15-9-17-26)22(27)20-12-6-7-13-21(20)28-23/h3-7,10-13,19,23H,2,8-9,14-15H2,1H3. The SMILES string of the molecule is CCC(c1ccccc1)C1Oc2ccccc2C(=O)C1(CCC#N)CCC#N. The molecule has 4 nitrogen and oxygen atoms in total. The lowest BCUT2D eigenvalue weighted by Gasteiger charge is -2.46. The summed E-state index contributed by atoms with van der Waals surface area (Å²) >= 11 is 0. The Balaban J connectivity index is 2.16. The number of ether oxygens (including phenoxy) is 1. The lowest BCUT2D eigenvalue weighted by Crippen LogP contribution is -2.51. The smallest absolute Gasteiger partial charge is 0.176 e. The predicted molar refractivity (Wildman–Crippen MR) is 107 cm³/mol. The maximum Gasteiger partial charge on any atom is 0.176 e. The highest BCUT2D eigenvalue weighted by Gasteiger charge is 2.53. The zero-order chi connectivity index (χ0) is 20.0. The van der Waals surface area contributed by atoms with E-state index in [0.717, 1.165) is 12.0 Å². The predicted octanol–water partition coefficient (Wildman–Crippen LogP) is 5.42. The average Bonchev–Trinajstić information content (AvgIpc) is 2.74. The summed E-state index contributed by atoms with van der Waals surface area (Å²) in [6.45, 7) is 2.09. The second-order valence-corrected chi connectivity index (χ2v) is 7.26. The number of rotatable bonds is 7. The number of benzene rings is 2. The third kappa shape index (κ3) is 3.51. The fourth-order valence-electron chi connectivity index (χ4n) is 4.39. The van der Waals surface area contributed by atoms with Gasteiger partial charge >= 0.3 is 0 Å². The minimum absolute atomic E-state index is 0.000712. The van der Waals surface area contributed by atoms with Gasteiger partial charge in [0.1, 0.15) is 11.9 Å². The Morgan fingerprint density at radius 1 is 1.00 bits per heavy atom. The summed E-state index contributed by atoms with van der Waals surface area (Å²) in [6, 6.07) is 21.7. The minimum Gasteiger partial charge on any atom is -0.488 e. The van der Waals surface area contributed by atoms with E-state index in [-0.39, 0.29) is 24.5 Å². The van der Waals surface area contributed by atoms with Crippen LogP contribution >= 0.6 is 0 Å². The van der Waals surface area contributed by atoms with Gasteiger partial charge in [-0.25, -0.2) is 0 Å². The van der Waals surface area contributed by atoms with Crippen LogP contribution in [0.1, 0.15) is 60.9 Å². The first kappa shape index (κ1) is 19.6. The number of nitrogens with zero attached hydrogens (tertiary/aromatic N) is 2. The van der Waals surface area contributed by atoms with Gasteiger partial charge in [0.15, 0.2) is 5.78 Å². The van der Waals surface area contributed by atoms with Crippen molar-refractivity contribution in [3.63, 3.8) is 0 Å². The second-order valence-electron chi connectivity index (χ2n) is 7.26. The van der Waals surface area contributed by atoms with Crippen LogP contribution in [0.25, 0.3) is 0 Å². The minimum atomic E-state index is -0.879. The van der Waals surface area contributed by atoms with Crippen molar-refractivity contribution in [3.8, 4) is 17.9 Å². The van der Waals surface area contributed by atoms with Gasteiger partial charge in [-0.05, 0) is 37.0 Å². The van der Waals surface area contributed by atoms with E-state index in [2.05, 4.69) is 31.2 Å². The number of para-hydroxylation sites is 1. The fourth-order valence-corrected chi connectivity index (χ4v) is 4.39. The van der Waals surface area contributed by atoms with E-state index in [1.54, 1.807) is 6.07 Å². The monoisotopic (exact) mass is 372 g/mol. The molecule has 142 valence electrons. The first-order chi connectivity index (χ1) is 13.7. The van der Waals surface area contributed by atoms with Gasteiger partial charge in [-0.3, -0.25) is 4.79 Å². The van der Waals surface area contributed by atoms with Crippen LogP contribution in [0.3, 0.4) is 0 Å². The molecule has 0 spiro atoms. The summed E-state index contributed by atoms with van der Waals surface area (Å²) in [5.41, 5.74) is 0.786. The van der Waals surface area contributed by atoms with Crippen molar-refractivity contribution >= 4 is 5.78 Å². The van der Waals surface area contributed by atoms with E-state index < -0.39 is 11.5 Å². The molecule has 2 unspecified atom stereocenters. The van der Waals surface area contributed by atoms with Crippen molar-refractivity contribution < 1.29 is 9.53 Å². The van der Waals surface area contributed by atoms with Gasteiger partial charge in [-0.2, -0.15) is 10.5 Å². The highest BCUT2D eigenvalue weighted by molar-refractivity contribution is 6.04. The van der Waals surface area contributed by atoms with Crippen molar-refractivity contribution in [2.45, 2.75) is 51.0 Å². The average molecular weight is 372 g/mol. The van der Waals surface area contributed by atoms with Crippen LogP contribution in [0.2, 0.25) is 0 Å². The molecule has 4 heteroatoms. The molecule has 0 amide bonds. The second kappa shape index (κ2) is 8.72. The van der Waals surface area contributed by atoms with Gasteiger partial charge in [-0.15, -0.1) is 0 Å². The molecular weight excluding hydrogens is 348 g/mol. The number of carbonyl (C=O) groups excluding carboxylic acids is 1. The molecule has 2 aromatic rings. The maximum atomic E-state index is 13.7. The van der Waals surface area contributed by atoms with Gasteiger partial charge in [0.25, 0.3) is 0 Å². The molecule has 2 atom stereocenters. The molecule has 0 radical (unpaired) electrons. The lowest BCUT2D eigenvalue weighted by molar-refractivity contribution is 0.00478. The largest absolute Gasteiger partial charge is 0.488 e. The van der Waals surface area contributed by atoms with E-state index in [9.17, 15) is 15.3 Å². The molecule has 1 aliphatic heterocycles. The molecule has 0 saturated carbocycles. The quantitative estimate of drug-likeness (QED) is 0.650. The molecule has 1 heterocycles. The summed E-state index contributed by atoms with van der Waals surface area (Å²) in [6.07, 6.45) is 1.68. The summed E-state index contributed by atoms with van der Waals surface area (Å²) in [5, 5.41) is 18.5. The summed E-state index contributed by atoms with van der Waals surface area (Å²) in [4.78, 5) is 13.7. The van der Waals surface area contributed by atoms with Crippen molar-refractivity contribution in [1.82, 2.24) is 0 Å². The van der Waals surface area contributed by atoms with E-state index >= 15 is 0 Å². The van der Waals surface area contributed by atoms with Gasteiger partial charge in [0.2, 0.25) is 0 Å². The van der Waals surface area contributed by atoms with Crippen molar-refractivity contribution in [3.05, 3.63) is 65.7 Å². The van der Waals surface area contributed by atoms with Crippen molar-refractivity contribution in [1.29, 1.82) is 10.5 Å². The number of carbonyl (C=O) groups is 1. The lowest BCUT2D eigenvalue weighted by atomic mass is 9.63. The molecule has 0 saturated heterocycles. The summed E-state index contributed by atoms with van der Waals surface area (Å²) < 4.78 is 6.48. The first-order valence-corrected chi connectivity index (χ1v) is 9.77. The highest BCUT2D eigenvalue weighted by Crippen LogP contribution is 2.50. The van der Waals surface area contributed by atoms with Crippen molar-refractivity contribution in [2.75, 3.05) is 0 Å². The van der Waals surface area contributed by atoms with Crippen LogP contribution in [0.5, 0.6) is 5.75 Å². The zero-order valence-electron chi connectivity index (χ0n) is 16.1. The van der Waals surface area contributed by atoms with Crippen molar-refractivity contribution in [2.24, 2.45) is 5.41 Å². The van der Waals surface area contributed by atoms with E-state index in [1.807, 2.05) is 36.4 Å². The number of hydrogen-bond donors (Lipinski definition) is 0. The maximum absolute atomic E-state index is 13.7. The van der Waals surface area contributed by atoms with Crippen LogP contribution in [0.4, 0.5) is 0 Å². The molecule has 0 aliphatic carbocycles. The van der Waals surface area contributed by atoms with Gasteiger partial charge in [0, 0.05) is 18.8 Å². The van der Waals surface area contributed by atoms with Crippen LogP contribution in [-0.2, 0) is 0 Å². The Morgan fingerprint density at radius 3 is 2.21 bits per heavy atom. The molecule has 0 aromatic heterocycles. The first-order valence-electron chi connectivity index (χ1n) is 9.77. The van der Waals surface area contributed by atoms with E-state index in [4.69, 9.17) is 4.74 Å². The molecule has 0 N–H and O–H groups in total. The van der Waals surface area contributed by atoms with Gasteiger partial charge in [0.05, 0.1) is 23.1 Å². The number of ketones is 1. The van der Waals surface area contributed by atoms with Crippen LogP contribution in [-0.4, -0.2) is 11.9 Å².